The van der Waals surface area contributed by atoms with Crippen molar-refractivity contribution in [3.8, 4) is 0 Å². The summed E-state index contributed by atoms with van der Waals surface area (Å²) >= 11 is 0. The fourth-order valence-corrected chi connectivity index (χ4v) is 6.13. The molecule has 2 unspecified atom stereocenters. The Morgan fingerprint density at radius 2 is 1.79 bits per heavy atom. The minimum atomic E-state index is -0.339. The predicted octanol–water partition coefficient (Wildman–Crippen LogP) is 2.59. The summed E-state index contributed by atoms with van der Waals surface area (Å²) in [5.74, 6) is 0.876. The molecule has 3 nitrogen and oxygen atoms in total. The third-order valence-electron chi connectivity index (χ3n) is 5.79. The highest BCUT2D eigenvalue weighted by Crippen LogP contribution is 2.66. The summed E-state index contributed by atoms with van der Waals surface area (Å²) in [6.07, 6.45) is 8.29. The van der Waals surface area contributed by atoms with Crippen LogP contribution in [0.1, 0.15) is 65.7 Å². The maximum Gasteiger partial charge on any atom is 0.237 e. The van der Waals surface area contributed by atoms with Crippen LogP contribution in [-0.4, -0.2) is 17.5 Å². The maximum absolute atomic E-state index is 12.2. The molecular weight excluding hydrogens is 236 g/mol. The molecule has 3 N–H and O–H groups in total. The van der Waals surface area contributed by atoms with Crippen molar-refractivity contribution in [3.05, 3.63) is 0 Å². The summed E-state index contributed by atoms with van der Waals surface area (Å²) in [4.78, 5) is 12.2. The van der Waals surface area contributed by atoms with Crippen molar-refractivity contribution in [2.45, 2.75) is 77.3 Å². The summed E-state index contributed by atoms with van der Waals surface area (Å²) in [7, 11) is 0. The van der Waals surface area contributed by atoms with Crippen LogP contribution in [0.3, 0.4) is 0 Å². The lowest BCUT2D eigenvalue weighted by atomic mass is 9.43. The predicted molar refractivity (Wildman–Crippen MR) is 76.5 cm³/mol. The van der Waals surface area contributed by atoms with Crippen LogP contribution in [0.2, 0.25) is 0 Å². The normalized spacial score (nSPS) is 49.2. The standard InChI is InChI=1S/C16H28N2O/c1-4-12(17)13(19)18-16-7-11-5-14(2,9-16)8-15(3,6-11)10-16/h11-12H,4-10,17H2,1-3H3,(H,18,19)/t11?,12-,14?,15?,16?/m0/s1. The van der Waals surface area contributed by atoms with Gasteiger partial charge in [0.25, 0.3) is 0 Å². The molecule has 0 aliphatic heterocycles. The smallest absolute Gasteiger partial charge is 0.237 e. The van der Waals surface area contributed by atoms with Gasteiger partial charge in [-0.15, -0.1) is 0 Å². The summed E-state index contributed by atoms with van der Waals surface area (Å²) < 4.78 is 0. The second-order valence-corrected chi connectivity index (χ2v) is 8.41. The van der Waals surface area contributed by atoms with Gasteiger partial charge in [0.05, 0.1) is 6.04 Å². The highest BCUT2D eigenvalue weighted by atomic mass is 16.2. The quantitative estimate of drug-likeness (QED) is 0.823. The van der Waals surface area contributed by atoms with Crippen LogP contribution in [0.25, 0.3) is 0 Å². The van der Waals surface area contributed by atoms with Gasteiger partial charge in [-0.05, 0) is 61.7 Å². The van der Waals surface area contributed by atoms with Gasteiger partial charge in [-0.2, -0.15) is 0 Å². The van der Waals surface area contributed by atoms with Crippen LogP contribution in [0.5, 0.6) is 0 Å². The highest BCUT2D eigenvalue weighted by molar-refractivity contribution is 5.82. The number of nitrogens with two attached hydrogens (primary N) is 1. The Morgan fingerprint density at radius 1 is 1.21 bits per heavy atom. The van der Waals surface area contributed by atoms with Crippen LogP contribution in [0.4, 0.5) is 0 Å². The number of rotatable bonds is 3. The molecule has 0 saturated heterocycles. The van der Waals surface area contributed by atoms with Gasteiger partial charge in [0.2, 0.25) is 5.91 Å². The second kappa shape index (κ2) is 3.97. The molecule has 4 aliphatic carbocycles. The zero-order valence-corrected chi connectivity index (χ0v) is 12.6. The molecule has 0 aromatic rings. The molecule has 0 spiro atoms. The molecule has 4 saturated carbocycles. The molecule has 0 heterocycles. The average molecular weight is 264 g/mol. The molecule has 0 aromatic heterocycles. The van der Waals surface area contributed by atoms with Crippen LogP contribution >= 0.6 is 0 Å². The Balaban J connectivity index is 1.83. The minimum absolute atomic E-state index is 0.0484. The van der Waals surface area contributed by atoms with E-state index in [9.17, 15) is 4.79 Å². The van der Waals surface area contributed by atoms with E-state index in [1.165, 1.54) is 25.7 Å². The van der Waals surface area contributed by atoms with Gasteiger partial charge in [0.1, 0.15) is 0 Å². The van der Waals surface area contributed by atoms with Crippen LogP contribution in [-0.2, 0) is 4.79 Å². The Morgan fingerprint density at radius 3 is 2.26 bits per heavy atom. The second-order valence-electron chi connectivity index (χ2n) is 8.41. The maximum atomic E-state index is 12.2. The first-order chi connectivity index (χ1) is 8.77. The first-order valence-electron chi connectivity index (χ1n) is 7.85. The van der Waals surface area contributed by atoms with E-state index in [0.29, 0.717) is 10.8 Å². The van der Waals surface area contributed by atoms with Crippen molar-refractivity contribution < 1.29 is 4.79 Å². The Labute approximate surface area is 116 Å². The lowest BCUT2D eigenvalue weighted by molar-refractivity contribution is -0.140. The summed E-state index contributed by atoms with van der Waals surface area (Å²) in [5.41, 5.74) is 6.83. The van der Waals surface area contributed by atoms with Crippen molar-refractivity contribution in [2.75, 3.05) is 0 Å². The van der Waals surface area contributed by atoms with E-state index in [1.807, 2.05) is 6.92 Å². The van der Waals surface area contributed by atoms with Gasteiger partial charge in [-0.25, -0.2) is 0 Å². The van der Waals surface area contributed by atoms with Gasteiger partial charge >= 0.3 is 0 Å². The molecule has 1 amide bonds. The fourth-order valence-electron chi connectivity index (χ4n) is 6.13. The summed E-state index contributed by atoms with van der Waals surface area (Å²) in [6.45, 7) is 6.83. The third kappa shape index (κ3) is 2.20. The number of hydrogen-bond donors (Lipinski definition) is 2. The molecule has 19 heavy (non-hydrogen) atoms. The molecule has 4 bridgehead atoms. The Kier molecular flexibility index (Phi) is 2.80. The zero-order chi connectivity index (χ0) is 13.9. The molecule has 3 heteroatoms. The van der Waals surface area contributed by atoms with Crippen LogP contribution < -0.4 is 11.1 Å². The number of hydrogen-bond acceptors (Lipinski definition) is 2. The molecule has 0 radical (unpaired) electrons. The minimum Gasteiger partial charge on any atom is -0.349 e. The Hall–Kier alpha value is -0.570. The zero-order valence-electron chi connectivity index (χ0n) is 12.6. The average Bonchev–Trinajstić information content (AvgIpc) is 2.21. The molecule has 3 atom stereocenters. The van der Waals surface area contributed by atoms with Gasteiger partial charge in [-0.3, -0.25) is 4.79 Å². The van der Waals surface area contributed by atoms with Gasteiger partial charge in [0, 0.05) is 5.54 Å². The van der Waals surface area contributed by atoms with E-state index >= 15 is 0 Å². The molecule has 0 aromatic carbocycles. The van der Waals surface area contributed by atoms with E-state index < -0.39 is 0 Å². The highest BCUT2D eigenvalue weighted by Gasteiger charge is 2.60. The van der Waals surface area contributed by atoms with Gasteiger partial charge in [-0.1, -0.05) is 20.8 Å². The van der Waals surface area contributed by atoms with Gasteiger partial charge < -0.3 is 11.1 Å². The van der Waals surface area contributed by atoms with Crippen molar-refractivity contribution >= 4 is 5.91 Å². The van der Waals surface area contributed by atoms with E-state index in [0.717, 1.165) is 25.2 Å². The van der Waals surface area contributed by atoms with Gasteiger partial charge in [0.15, 0.2) is 0 Å². The van der Waals surface area contributed by atoms with E-state index in [-0.39, 0.29) is 17.5 Å². The third-order valence-corrected chi connectivity index (χ3v) is 5.79. The SMILES string of the molecule is CC[C@H](N)C(=O)NC12CC3CC(C)(CC(C)(C3)C1)C2. The topological polar surface area (TPSA) is 55.1 Å². The fraction of sp³-hybridized carbons (Fsp3) is 0.938. The number of carbonyl (C=O) groups excluding carboxylic acids is 1. The molecule has 4 fully saturated rings. The largest absolute Gasteiger partial charge is 0.349 e. The molecular formula is C16H28N2O. The monoisotopic (exact) mass is 264 g/mol. The van der Waals surface area contributed by atoms with Crippen LogP contribution in [0, 0.1) is 16.7 Å². The van der Waals surface area contributed by atoms with E-state index in [2.05, 4.69) is 19.2 Å². The van der Waals surface area contributed by atoms with Crippen molar-refractivity contribution in [1.82, 2.24) is 5.32 Å². The number of carbonyl (C=O) groups is 1. The van der Waals surface area contributed by atoms with E-state index in [1.54, 1.807) is 0 Å². The number of amides is 1. The van der Waals surface area contributed by atoms with E-state index in [4.69, 9.17) is 5.73 Å². The van der Waals surface area contributed by atoms with Crippen molar-refractivity contribution in [2.24, 2.45) is 22.5 Å². The first-order valence-corrected chi connectivity index (χ1v) is 7.85. The summed E-state index contributed by atoms with van der Waals surface area (Å²) in [6, 6.07) is -0.339. The Bertz CT molecular complexity index is 388. The molecule has 108 valence electrons. The summed E-state index contributed by atoms with van der Waals surface area (Å²) in [5, 5.41) is 3.36. The van der Waals surface area contributed by atoms with Crippen LogP contribution in [0.15, 0.2) is 0 Å². The molecule has 4 rings (SSSR count). The first kappa shape index (κ1) is 13.4. The molecule has 4 aliphatic rings. The van der Waals surface area contributed by atoms with Crippen molar-refractivity contribution in [3.63, 3.8) is 0 Å². The lowest BCUT2D eigenvalue weighted by Crippen LogP contribution is -2.66. The lowest BCUT2D eigenvalue weighted by Gasteiger charge is -2.65. The van der Waals surface area contributed by atoms with Crippen molar-refractivity contribution in [1.29, 1.82) is 0 Å². The number of nitrogens with one attached hydrogen (secondary N) is 1.